The Bertz CT molecular complexity index is 509. The molecule has 0 aliphatic carbocycles. The summed E-state index contributed by atoms with van der Waals surface area (Å²) in [6.45, 7) is 2.13. The number of nitrogens with one attached hydrogen (secondary N) is 1. The van der Waals surface area contributed by atoms with Gasteiger partial charge in [0.05, 0.1) is 11.7 Å². The van der Waals surface area contributed by atoms with E-state index in [1.165, 1.54) is 19.3 Å². The molecule has 2 aromatic heterocycles. The number of hydrogen-bond donors (Lipinski definition) is 2. The molecule has 1 atom stereocenters. The third kappa shape index (κ3) is 1.89. The summed E-state index contributed by atoms with van der Waals surface area (Å²) < 4.78 is 2.08. The average molecular weight is 230 g/mol. The van der Waals surface area contributed by atoms with Gasteiger partial charge in [0.2, 0.25) is 0 Å². The molecule has 0 aromatic carbocycles. The number of pyridine rings is 1. The summed E-state index contributed by atoms with van der Waals surface area (Å²) in [5.41, 5.74) is 7.14. The van der Waals surface area contributed by atoms with Gasteiger partial charge >= 0.3 is 0 Å². The maximum absolute atomic E-state index is 6.05. The summed E-state index contributed by atoms with van der Waals surface area (Å²) in [4.78, 5) is 4.56. The molecule has 4 heteroatoms. The Labute approximate surface area is 101 Å². The van der Waals surface area contributed by atoms with Crippen molar-refractivity contribution in [3.05, 3.63) is 30.2 Å². The van der Waals surface area contributed by atoms with E-state index in [0.717, 1.165) is 30.2 Å². The van der Waals surface area contributed by atoms with Crippen molar-refractivity contribution in [2.24, 2.45) is 0 Å². The van der Waals surface area contributed by atoms with Gasteiger partial charge in [-0.1, -0.05) is 12.5 Å². The maximum atomic E-state index is 6.05. The lowest BCUT2D eigenvalue weighted by Crippen LogP contribution is -2.21. The standard InChI is InChI=1S/C13H18N4/c14-12-6-3-5-11-9-16-13(17(11)12)10-4-1-2-7-15-8-10/h3,5-6,9-10,15H,1-2,4,7-8,14H2. The molecule has 1 fully saturated rings. The van der Waals surface area contributed by atoms with E-state index in [0.29, 0.717) is 5.92 Å². The largest absolute Gasteiger partial charge is 0.385 e. The summed E-state index contributed by atoms with van der Waals surface area (Å²) in [5.74, 6) is 2.36. The Morgan fingerprint density at radius 1 is 1.35 bits per heavy atom. The molecule has 3 N–H and O–H groups in total. The highest BCUT2D eigenvalue weighted by molar-refractivity contribution is 5.53. The second-order valence-electron chi connectivity index (χ2n) is 4.72. The highest BCUT2D eigenvalue weighted by Gasteiger charge is 2.19. The van der Waals surface area contributed by atoms with Gasteiger partial charge in [0.15, 0.2) is 0 Å². The molecule has 0 amide bonds. The SMILES string of the molecule is Nc1cccc2cnc(C3CCCCNC3)n12. The third-order valence-electron chi connectivity index (χ3n) is 3.52. The molecule has 1 unspecified atom stereocenters. The van der Waals surface area contributed by atoms with Crippen LogP contribution in [-0.2, 0) is 0 Å². The normalized spacial score (nSPS) is 21.5. The molecule has 1 saturated heterocycles. The number of nitrogens with two attached hydrogens (primary N) is 1. The van der Waals surface area contributed by atoms with E-state index in [4.69, 9.17) is 5.73 Å². The Balaban J connectivity index is 2.04. The lowest BCUT2D eigenvalue weighted by atomic mass is 10.0. The van der Waals surface area contributed by atoms with Crippen molar-refractivity contribution in [1.29, 1.82) is 0 Å². The van der Waals surface area contributed by atoms with Crippen LogP contribution in [0.25, 0.3) is 5.52 Å². The van der Waals surface area contributed by atoms with Crippen molar-refractivity contribution in [2.45, 2.75) is 25.2 Å². The van der Waals surface area contributed by atoms with Crippen LogP contribution >= 0.6 is 0 Å². The van der Waals surface area contributed by atoms with E-state index in [1.807, 2.05) is 18.3 Å². The fourth-order valence-electron chi connectivity index (χ4n) is 2.63. The first-order chi connectivity index (χ1) is 8.36. The van der Waals surface area contributed by atoms with Crippen LogP contribution < -0.4 is 11.1 Å². The minimum Gasteiger partial charge on any atom is -0.385 e. The molecule has 3 heterocycles. The number of fused-ring (bicyclic) bond motifs is 1. The van der Waals surface area contributed by atoms with E-state index >= 15 is 0 Å². The molecule has 17 heavy (non-hydrogen) atoms. The number of hydrogen-bond acceptors (Lipinski definition) is 3. The molecule has 0 saturated carbocycles. The van der Waals surface area contributed by atoms with Crippen LogP contribution in [0.15, 0.2) is 24.4 Å². The quantitative estimate of drug-likeness (QED) is 0.785. The fraction of sp³-hybridized carbons (Fsp3) is 0.462. The number of aromatic nitrogens is 2. The molecule has 0 spiro atoms. The molecule has 1 aliphatic rings. The molecule has 4 nitrogen and oxygen atoms in total. The summed E-state index contributed by atoms with van der Waals surface area (Å²) in [6.07, 6.45) is 5.63. The van der Waals surface area contributed by atoms with Gasteiger partial charge in [-0.15, -0.1) is 0 Å². The Morgan fingerprint density at radius 3 is 3.24 bits per heavy atom. The smallest absolute Gasteiger partial charge is 0.119 e. The second-order valence-corrected chi connectivity index (χ2v) is 4.72. The van der Waals surface area contributed by atoms with Crippen molar-refractivity contribution in [3.63, 3.8) is 0 Å². The number of rotatable bonds is 1. The van der Waals surface area contributed by atoms with Gasteiger partial charge in [-0.3, -0.25) is 4.40 Å². The predicted molar refractivity (Wildman–Crippen MR) is 69.1 cm³/mol. The zero-order chi connectivity index (χ0) is 11.7. The zero-order valence-electron chi connectivity index (χ0n) is 9.89. The number of nitrogens with zero attached hydrogens (tertiary/aromatic N) is 2. The van der Waals surface area contributed by atoms with Crippen LogP contribution in [0.3, 0.4) is 0 Å². The summed E-state index contributed by atoms with van der Waals surface area (Å²) >= 11 is 0. The zero-order valence-corrected chi connectivity index (χ0v) is 9.89. The fourth-order valence-corrected chi connectivity index (χ4v) is 2.63. The van der Waals surface area contributed by atoms with Crippen molar-refractivity contribution >= 4 is 11.3 Å². The van der Waals surface area contributed by atoms with E-state index in [-0.39, 0.29) is 0 Å². The molecular weight excluding hydrogens is 212 g/mol. The van der Waals surface area contributed by atoms with Gasteiger partial charge in [0, 0.05) is 12.5 Å². The summed E-state index contributed by atoms with van der Waals surface area (Å²) in [5, 5.41) is 3.48. The van der Waals surface area contributed by atoms with Crippen molar-refractivity contribution in [3.8, 4) is 0 Å². The van der Waals surface area contributed by atoms with Crippen molar-refractivity contribution in [2.75, 3.05) is 18.8 Å². The molecule has 90 valence electrons. The molecule has 2 aromatic rings. The predicted octanol–water partition coefficient (Wildman–Crippen LogP) is 1.77. The monoisotopic (exact) mass is 230 g/mol. The van der Waals surface area contributed by atoms with E-state index in [1.54, 1.807) is 0 Å². The second kappa shape index (κ2) is 4.37. The molecular formula is C13H18N4. The number of anilines is 1. The van der Waals surface area contributed by atoms with Crippen LogP contribution in [0.5, 0.6) is 0 Å². The van der Waals surface area contributed by atoms with Crippen molar-refractivity contribution in [1.82, 2.24) is 14.7 Å². The van der Waals surface area contributed by atoms with Crippen LogP contribution in [0, 0.1) is 0 Å². The third-order valence-corrected chi connectivity index (χ3v) is 3.52. The van der Waals surface area contributed by atoms with Gasteiger partial charge in [0.25, 0.3) is 0 Å². The van der Waals surface area contributed by atoms with E-state index < -0.39 is 0 Å². The molecule has 0 bridgehead atoms. The first-order valence-corrected chi connectivity index (χ1v) is 6.29. The van der Waals surface area contributed by atoms with Crippen molar-refractivity contribution < 1.29 is 0 Å². The first kappa shape index (κ1) is 10.6. The Hall–Kier alpha value is -1.55. The van der Waals surface area contributed by atoms with Crippen LogP contribution in [0.4, 0.5) is 5.82 Å². The number of nitrogen functional groups attached to an aromatic ring is 1. The Kier molecular flexibility index (Phi) is 2.73. The maximum Gasteiger partial charge on any atom is 0.119 e. The molecule has 3 rings (SSSR count). The Morgan fingerprint density at radius 2 is 2.29 bits per heavy atom. The van der Waals surface area contributed by atoms with Gasteiger partial charge in [-0.05, 0) is 31.5 Å². The minimum atomic E-state index is 0.477. The highest BCUT2D eigenvalue weighted by atomic mass is 15.1. The van der Waals surface area contributed by atoms with E-state index in [2.05, 4.69) is 20.8 Å². The highest BCUT2D eigenvalue weighted by Crippen LogP contribution is 2.25. The van der Waals surface area contributed by atoms with Gasteiger partial charge in [-0.25, -0.2) is 4.98 Å². The van der Waals surface area contributed by atoms with Gasteiger partial charge in [-0.2, -0.15) is 0 Å². The summed E-state index contributed by atoms with van der Waals surface area (Å²) in [6, 6.07) is 5.96. The topological polar surface area (TPSA) is 55.3 Å². The lowest BCUT2D eigenvalue weighted by molar-refractivity contribution is 0.577. The molecule has 0 radical (unpaired) electrons. The van der Waals surface area contributed by atoms with E-state index in [9.17, 15) is 0 Å². The first-order valence-electron chi connectivity index (χ1n) is 6.29. The molecule has 1 aliphatic heterocycles. The minimum absolute atomic E-state index is 0.477. The number of imidazole rings is 1. The lowest BCUT2D eigenvalue weighted by Gasteiger charge is -2.14. The van der Waals surface area contributed by atoms with Crippen LogP contribution in [-0.4, -0.2) is 22.5 Å². The summed E-state index contributed by atoms with van der Waals surface area (Å²) in [7, 11) is 0. The van der Waals surface area contributed by atoms with Gasteiger partial charge in [0.1, 0.15) is 11.6 Å². The van der Waals surface area contributed by atoms with Gasteiger partial charge < -0.3 is 11.1 Å². The van der Waals surface area contributed by atoms with Crippen LogP contribution in [0.2, 0.25) is 0 Å². The average Bonchev–Trinajstić information content (AvgIpc) is 2.59. The van der Waals surface area contributed by atoms with Crippen LogP contribution in [0.1, 0.15) is 31.0 Å².